The van der Waals surface area contributed by atoms with Crippen LogP contribution in [0.3, 0.4) is 0 Å². The van der Waals surface area contributed by atoms with E-state index in [0.717, 1.165) is 33.0 Å². The molecule has 0 aliphatic heterocycles. The molecule has 1 amide bonds. The Morgan fingerprint density at radius 1 is 0.800 bits per heavy atom. The lowest BCUT2D eigenvalue weighted by molar-refractivity contribution is 0.102. The van der Waals surface area contributed by atoms with Gasteiger partial charge in [-0.2, -0.15) is 0 Å². The number of carbonyl (C=O) groups excluding carboxylic acids is 1. The van der Waals surface area contributed by atoms with Crippen LogP contribution in [0, 0.1) is 6.92 Å². The second-order valence-corrected chi connectivity index (χ2v) is 10.1. The summed E-state index contributed by atoms with van der Waals surface area (Å²) in [5.74, 6) is 2.87. The number of nitrogens with one attached hydrogen (secondary N) is 3. The second-order valence-electron chi connectivity index (χ2n) is 10.1. The first-order valence-electron chi connectivity index (χ1n) is 14.1. The van der Waals surface area contributed by atoms with Crippen LogP contribution in [0.5, 0.6) is 17.4 Å². The van der Waals surface area contributed by atoms with E-state index in [-0.39, 0.29) is 5.91 Å². The summed E-state index contributed by atoms with van der Waals surface area (Å²) < 4.78 is 16.0. The molecule has 6 rings (SSSR count). The number of ether oxygens (including phenoxy) is 3. The van der Waals surface area contributed by atoms with Gasteiger partial charge in [0, 0.05) is 46.6 Å². The molecule has 45 heavy (non-hydrogen) atoms. The molecule has 3 heterocycles. The highest BCUT2D eigenvalue weighted by molar-refractivity contribution is 6.16. The minimum atomic E-state index is -0.289. The van der Waals surface area contributed by atoms with Crippen molar-refractivity contribution in [3.8, 4) is 17.4 Å². The number of carbonyl (C=O) groups is 1. The molecule has 3 aromatic carbocycles. The van der Waals surface area contributed by atoms with E-state index >= 15 is 0 Å². The van der Waals surface area contributed by atoms with Crippen LogP contribution in [0.2, 0.25) is 0 Å². The standard InChI is InChI=1S/C34H31N7O4/c1-20-8-12-25-24(14-15-35-33(25)40-22-10-13-29(45-4)36-18-22)30(20)41-34(42)27-7-5-6-26-31(27)38-19-39-32(26)37-17-21-9-11-23(43-2)16-28(21)44-3/h5-16,18-19H,17H2,1-4H3,(H,35,40)(H,41,42)(H,37,38,39). The maximum absolute atomic E-state index is 13.8. The molecule has 226 valence electrons. The smallest absolute Gasteiger partial charge is 0.257 e. The van der Waals surface area contributed by atoms with Gasteiger partial charge in [-0.05, 0) is 48.9 Å². The molecule has 0 spiro atoms. The molecule has 0 saturated heterocycles. The molecule has 0 aliphatic carbocycles. The van der Waals surface area contributed by atoms with E-state index in [1.54, 1.807) is 45.9 Å². The number of anilines is 4. The Kier molecular flexibility index (Phi) is 8.23. The van der Waals surface area contributed by atoms with Crippen LogP contribution in [-0.2, 0) is 6.54 Å². The van der Waals surface area contributed by atoms with Crippen LogP contribution in [0.4, 0.5) is 23.0 Å². The third kappa shape index (κ3) is 5.96. The van der Waals surface area contributed by atoms with Gasteiger partial charge in [0.15, 0.2) is 0 Å². The predicted octanol–water partition coefficient (Wildman–Crippen LogP) is 6.52. The molecule has 6 aromatic rings. The Balaban J connectivity index is 1.28. The summed E-state index contributed by atoms with van der Waals surface area (Å²) in [4.78, 5) is 31.6. The first-order valence-corrected chi connectivity index (χ1v) is 14.1. The molecular formula is C34H31N7O4. The molecule has 0 atom stereocenters. The fourth-order valence-electron chi connectivity index (χ4n) is 5.11. The number of fused-ring (bicyclic) bond motifs is 2. The van der Waals surface area contributed by atoms with Crippen LogP contribution in [-0.4, -0.2) is 47.2 Å². The lowest BCUT2D eigenvalue weighted by Gasteiger charge is -2.16. The summed E-state index contributed by atoms with van der Waals surface area (Å²) in [5, 5.41) is 12.2. The predicted molar refractivity (Wildman–Crippen MR) is 175 cm³/mol. The van der Waals surface area contributed by atoms with E-state index in [2.05, 4.69) is 35.9 Å². The van der Waals surface area contributed by atoms with Crippen molar-refractivity contribution in [3.05, 3.63) is 102 Å². The molecular weight excluding hydrogens is 570 g/mol. The van der Waals surface area contributed by atoms with Gasteiger partial charge in [-0.25, -0.2) is 19.9 Å². The highest BCUT2D eigenvalue weighted by Crippen LogP contribution is 2.33. The molecule has 11 nitrogen and oxygen atoms in total. The maximum atomic E-state index is 13.8. The Labute approximate surface area is 259 Å². The van der Waals surface area contributed by atoms with Crippen molar-refractivity contribution in [1.82, 2.24) is 19.9 Å². The van der Waals surface area contributed by atoms with Gasteiger partial charge in [0.1, 0.15) is 29.5 Å². The first-order chi connectivity index (χ1) is 22.0. The number of nitrogens with zero attached hydrogens (tertiary/aromatic N) is 4. The number of para-hydroxylation sites is 1. The SMILES string of the molecule is COc1ccc(CNc2ncnc3c(C(=O)Nc4c(C)ccc5c(Nc6ccc(OC)nc6)nccc45)cccc23)c(OC)c1. The summed E-state index contributed by atoms with van der Waals surface area (Å²) in [5.41, 5.74) is 4.23. The Morgan fingerprint density at radius 2 is 1.69 bits per heavy atom. The largest absolute Gasteiger partial charge is 0.497 e. The van der Waals surface area contributed by atoms with Crippen molar-refractivity contribution < 1.29 is 19.0 Å². The van der Waals surface area contributed by atoms with Gasteiger partial charge >= 0.3 is 0 Å². The van der Waals surface area contributed by atoms with Crippen molar-refractivity contribution in [2.45, 2.75) is 13.5 Å². The van der Waals surface area contributed by atoms with Gasteiger partial charge in [-0.1, -0.05) is 18.2 Å². The number of benzene rings is 3. The number of aryl methyl sites for hydroxylation is 1. The molecule has 0 radical (unpaired) electrons. The van der Waals surface area contributed by atoms with Crippen LogP contribution in [0.15, 0.2) is 85.5 Å². The number of aromatic nitrogens is 4. The van der Waals surface area contributed by atoms with Crippen molar-refractivity contribution >= 4 is 50.6 Å². The number of pyridine rings is 2. The van der Waals surface area contributed by atoms with Crippen molar-refractivity contribution in [1.29, 1.82) is 0 Å². The summed E-state index contributed by atoms with van der Waals surface area (Å²) >= 11 is 0. The highest BCUT2D eigenvalue weighted by atomic mass is 16.5. The number of methoxy groups -OCH3 is 3. The fourth-order valence-corrected chi connectivity index (χ4v) is 5.11. The lowest BCUT2D eigenvalue weighted by atomic mass is 10.0. The quantitative estimate of drug-likeness (QED) is 0.159. The Hall–Kier alpha value is -5.97. The highest BCUT2D eigenvalue weighted by Gasteiger charge is 2.17. The van der Waals surface area contributed by atoms with Gasteiger partial charge < -0.3 is 30.2 Å². The minimum Gasteiger partial charge on any atom is -0.497 e. The molecule has 0 bridgehead atoms. The molecule has 3 N–H and O–H groups in total. The monoisotopic (exact) mass is 601 g/mol. The second kappa shape index (κ2) is 12.7. The van der Waals surface area contributed by atoms with Crippen molar-refractivity contribution in [3.63, 3.8) is 0 Å². The van der Waals surface area contributed by atoms with Gasteiger partial charge in [0.05, 0.1) is 50.0 Å². The number of hydrogen-bond donors (Lipinski definition) is 3. The molecule has 11 heteroatoms. The van der Waals surface area contributed by atoms with Crippen LogP contribution >= 0.6 is 0 Å². The van der Waals surface area contributed by atoms with E-state index in [4.69, 9.17) is 14.2 Å². The fraction of sp³-hybridized carbons (Fsp3) is 0.147. The summed E-state index contributed by atoms with van der Waals surface area (Å²) in [7, 11) is 4.80. The summed E-state index contributed by atoms with van der Waals surface area (Å²) in [6.07, 6.45) is 4.83. The minimum absolute atomic E-state index is 0.289. The van der Waals surface area contributed by atoms with Crippen molar-refractivity contribution in [2.75, 3.05) is 37.3 Å². The van der Waals surface area contributed by atoms with Gasteiger partial charge in [0.25, 0.3) is 5.91 Å². The molecule has 0 aliphatic rings. The normalized spacial score (nSPS) is 10.8. The molecule has 0 fully saturated rings. The molecule has 0 saturated carbocycles. The molecule has 0 unspecified atom stereocenters. The van der Waals surface area contributed by atoms with Crippen LogP contribution in [0.1, 0.15) is 21.5 Å². The number of rotatable bonds is 10. The van der Waals surface area contributed by atoms with Crippen LogP contribution in [0.25, 0.3) is 21.7 Å². The van der Waals surface area contributed by atoms with Gasteiger partial charge in [-0.15, -0.1) is 0 Å². The van der Waals surface area contributed by atoms with E-state index in [1.807, 2.05) is 61.5 Å². The van der Waals surface area contributed by atoms with Crippen LogP contribution < -0.4 is 30.2 Å². The topological polar surface area (TPSA) is 132 Å². The van der Waals surface area contributed by atoms with E-state index in [9.17, 15) is 4.79 Å². The first kappa shape index (κ1) is 29.1. The lowest BCUT2D eigenvalue weighted by Crippen LogP contribution is -2.14. The van der Waals surface area contributed by atoms with E-state index in [1.165, 1.54) is 6.33 Å². The average Bonchev–Trinajstić information content (AvgIpc) is 3.08. The summed E-state index contributed by atoms with van der Waals surface area (Å²) in [6, 6.07) is 20.6. The zero-order valence-corrected chi connectivity index (χ0v) is 25.2. The van der Waals surface area contributed by atoms with E-state index in [0.29, 0.717) is 52.3 Å². The summed E-state index contributed by atoms with van der Waals surface area (Å²) in [6.45, 7) is 2.40. The number of hydrogen-bond acceptors (Lipinski definition) is 10. The van der Waals surface area contributed by atoms with Gasteiger partial charge in [0.2, 0.25) is 5.88 Å². The molecule has 3 aromatic heterocycles. The van der Waals surface area contributed by atoms with Gasteiger partial charge in [-0.3, -0.25) is 4.79 Å². The van der Waals surface area contributed by atoms with E-state index < -0.39 is 0 Å². The third-order valence-electron chi connectivity index (χ3n) is 7.45. The average molecular weight is 602 g/mol. The third-order valence-corrected chi connectivity index (χ3v) is 7.45. The Bertz CT molecular complexity index is 2020. The maximum Gasteiger partial charge on any atom is 0.257 e. The van der Waals surface area contributed by atoms with Crippen molar-refractivity contribution in [2.24, 2.45) is 0 Å². The zero-order valence-electron chi connectivity index (χ0n) is 25.2. The number of amides is 1. The Morgan fingerprint density at radius 3 is 2.47 bits per heavy atom. The zero-order chi connectivity index (χ0) is 31.3.